The van der Waals surface area contributed by atoms with Gasteiger partial charge < -0.3 is 25.2 Å². The van der Waals surface area contributed by atoms with Gasteiger partial charge in [0.05, 0.1) is 17.9 Å². The number of fused-ring (bicyclic) bond motifs is 7. The van der Waals surface area contributed by atoms with E-state index in [1.807, 2.05) is 0 Å². The number of nitrogens with one attached hydrogen (secondary N) is 1. The third kappa shape index (κ3) is 6.08. The van der Waals surface area contributed by atoms with E-state index in [0.29, 0.717) is 30.8 Å². The lowest BCUT2D eigenvalue weighted by molar-refractivity contribution is -0.235. The molecule has 1 saturated heterocycles. The van der Waals surface area contributed by atoms with Gasteiger partial charge in [0.25, 0.3) is 0 Å². The smallest absolute Gasteiger partial charge is 0.309 e. The zero-order valence-electron chi connectivity index (χ0n) is 33.6. The van der Waals surface area contributed by atoms with Gasteiger partial charge in [-0.15, -0.1) is 0 Å². The Labute approximate surface area is 308 Å². The molecule has 4 saturated carbocycles. The number of Topliss-reactive ketones (excluding diaryl/α,β-unsaturated/α-hetero) is 1. The Balaban J connectivity index is 1.26. The number of hydrogen-bond acceptors (Lipinski definition) is 7. The molecule has 5 fully saturated rings. The number of ketones is 1. The molecule has 6 rings (SSSR count). The van der Waals surface area contributed by atoms with E-state index in [4.69, 9.17) is 4.74 Å². The number of hydrogen-bond donors (Lipinski definition) is 3. The number of carboxylic acids is 1. The van der Waals surface area contributed by atoms with E-state index in [0.717, 1.165) is 82.9 Å². The van der Waals surface area contributed by atoms with Gasteiger partial charge in [0.15, 0.2) is 5.78 Å². The molecule has 0 amide bonds. The topological polar surface area (TPSA) is 116 Å². The monoisotopic (exact) mass is 711 g/mol. The molecule has 8 heteroatoms. The van der Waals surface area contributed by atoms with E-state index in [1.54, 1.807) is 13.8 Å². The summed E-state index contributed by atoms with van der Waals surface area (Å²) >= 11 is 0. The average Bonchev–Trinajstić information content (AvgIpc) is 3.35. The third-order valence-corrected chi connectivity index (χ3v) is 16.8. The van der Waals surface area contributed by atoms with Crippen LogP contribution in [-0.4, -0.2) is 77.8 Å². The number of ether oxygens (including phenoxy) is 1. The Bertz CT molecular complexity index is 1430. The number of allylic oxidation sites excluding steroid dienone is 1. The number of likely N-dealkylation sites (tertiary alicyclic amines) is 1. The summed E-state index contributed by atoms with van der Waals surface area (Å²) in [6.45, 7) is 22.5. The number of piperidine rings is 1. The van der Waals surface area contributed by atoms with Gasteiger partial charge in [0, 0.05) is 29.8 Å². The zero-order chi connectivity index (χ0) is 37.5. The van der Waals surface area contributed by atoms with Crippen LogP contribution in [0.1, 0.15) is 139 Å². The Morgan fingerprint density at radius 2 is 1.59 bits per heavy atom. The minimum absolute atomic E-state index is 0.0183. The van der Waals surface area contributed by atoms with Crippen LogP contribution in [0, 0.1) is 56.2 Å². The van der Waals surface area contributed by atoms with E-state index in [9.17, 15) is 24.6 Å². The van der Waals surface area contributed by atoms with Gasteiger partial charge in [-0.1, -0.05) is 54.0 Å². The second-order valence-corrected chi connectivity index (χ2v) is 20.6. The van der Waals surface area contributed by atoms with E-state index in [1.165, 1.54) is 5.57 Å². The SMILES string of the molecule is CC(C)C1=C2[C@H]3CC[C@@H]4[C@@]5(C)CC[C@H](OC(=O)CC(C)(C)C(=O)O)C(C)(C)[C@@H]5CC[C@@]4(C)[C@]3(C)CC[C@@]2([C@@H](O)CNC2CCN(C)CC2)CC1=O. The molecule has 288 valence electrons. The van der Waals surface area contributed by atoms with Crippen molar-refractivity contribution in [2.45, 2.75) is 158 Å². The summed E-state index contributed by atoms with van der Waals surface area (Å²) in [4.78, 5) is 41.2. The second kappa shape index (κ2) is 13.2. The molecule has 5 aliphatic carbocycles. The number of carboxylic acid groups (broad SMARTS) is 1. The van der Waals surface area contributed by atoms with E-state index in [-0.39, 0.29) is 51.8 Å². The van der Waals surface area contributed by atoms with Crippen molar-refractivity contribution < 1.29 is 29.3 Å². The van der Waals surface area contributed by atoms with Crippen LogP contribution in [-0.2, 0) is 19.1 Å². The van der Waals surface area contributed by atoms with Crippen LogP contribution in [0.4, 0.5) is 0 Å². The molecule has 9 atom stereocenters. The van der Waals surface area contributed by atoms with E-state index in [2.05, 4.69) is 65.7 Å². The van der Waals surface area contributed by atoms with Crippen molar-refractivity contribution in [3.63, 3.8) is 0 Å². The maximum atomic E-state index is 14.0. The summed E-state index contributed by atoms with van der Waals surface area (Å²) in [5.74, 6) is 0.204. The van der Waals surface area contributed by atoms with Gasteiger partial charge in [-0.3, -0.25) is 14.4 Å². The summed E-state index contributed by atoms with van der Waals surface area (Å²) in [7, 11) is 2.18. The molecule has 0 aromatic carbocycles. The number of rotatable bonds is 9. The highest BCUT2D eigenvalue weighted by atomic mass is 16.5. The lowest BCUT2D eigenvalue weighted by Crippen LogP contribution is -2.66. The summed E-state index contributed by atoms with van der Waals surface area (Å²) in [5, 5.41) is 25.6. The van der Waals surface area contributed by atoms with Crippen molar-refractivity contribution in [2.24, 2.45) is 56.2 Å². The van der Waals surface area contributed by atoms with Crippen LogP contribution in [0.5, 0.6) is 0 Å². The predicted molar refractivity (Wildman–Crippen MR) is 200 cm³/mol. The second-order valence-electron chi connectivity index (χ2n) is 20.6. The largest absolute Gasteiger partial charge is 0.481 e. The molecule has 6 aliphatic rings. The number of nitrogens with zero attached hydrogens (tertiary/aromatic N) is 1. The van der Waals surface area contributed by atoms with Gasteiger partial charge in [-0.05, 0) is 144 Å². The van der Waals surface area contributed by atoms with Crippen molar-refractivity contribution in [1.29, 1.82) is 0 Å². The van der Waals surface area contributed by atoms with Crippen LogP contribution in [0.15, 0.2) is 11.1 Å². The summed E-state index contributed by atoms with van der Waals surface area (Å²) in [5.41, 5.74) is 0.690. The van der Waals surface area contributed by atoms with Gasteiger partial charge in [-0.2, -0.15) is 0 Å². The zero-order valence-corrected chi connectivity index (χ0v) is 33.6. The number of aliphatic hydroxyl groups is 1. The lowest BCUT2D eigenvalue weighted by atomic mass is 9.33. The number of carbonyl (C=O) groups excluding carboxylic acids is 2. The molecule has 0 aromatic heterocycles. The Kier molecular flexibility index (Phi) is 10.1. The summed E-state index contributed by atoms with van der Waals surface area (Å²) < 4.78 is 6.17. The Morgan fingerprint density at radius 3 is 2.22 bits per heavy atom. The molecule has 51 heavy (non-hydrogen) atoms. The minimum Gasteiger partial charge on any atom is -0.481 e. The van der Waals surface area contributed by atoms with E-state index >= 15 is 0 Å². The fourth-order valence-corrected chi connectivity index (χ4v) is 13.6. The highest BCUT2D eigenvalue weighted by molar-refractivity contribution is 6.00. The van der Waals surface area contributed by atoms with Crippen LogP contribution in [0.2, 0.25) is 0 Å². The average molecular weight is 711 g/mol. The molecule has 1 heterocycles. The molecule has 0 bridgehead atoms. The number of esters is 1. The number of aliphatic carboxylic acids is 1. The summed E-state index contributed by atoms with van der Waals surface area (Å²) in [6, 6.07) is 0.417. The molecule has 0 aromatic rings. The van der Waals surface area contributed by atoms with Crippen LogP contribution in [0.3, 0.4) is 0 Å². The highest BCUT2D eigenvalue weighted by Gasteiger charge is 2.70. The van der Waals surface area contributed by atoms with Crippen molar-refractivity contribution in [2.75, 3.05) is 26.7 Å². The summed E-state index contributed by atoms with van der Waals surface area (Å²) in [6.07, 6.45) is 9.73. The highest BCUT2D eigenvalue weighted by Crippen LogP contribution is 2.77. The fourth-order valence-electron chi connectivity index (χ4n) is 13.6. The fraction of sp³-hybridized carbons (Fsp3) is 0.884. The standard InChI is InChI=1S/C43H70N2O6/c1-26(2)35-29(46)23-43(32(47)25-44-27-15-21-45(10)22-16-27)20-19-41(8)28(36(35)43)11-12-31-40(7)17-14-33(51-34(48)24-38(3,4)37(49)50)39(5,6)30(40)13-18-42(31,41)9/h26-28,30-33,44,47H,11-25H2,1-10H3,(H,49,50)/t28-,30+,31-,32+,33+,40+,41-,42-,43+/m1/s1. The van der Waals surface area contributed by atoms with Crippen LogP contribution < -0.4 is 5.32 Å². The lowest BCUT2D eigenvalue weighted by Gasteiger charge is -2.72. The predicted octanol–water partition coefficient (Wildman–Crippen LogP) is 7.42. The van der Waals surface area contributed by atoms with Crippen molar-refractivity contribution in [3.8, 4) is 0 Å². The maximum absolute atomic E-state index is 14.0. The Morgan fingerprint density at radius 1 is 0.922 bits per heavy atom. The molecule has 0 spiro atoms. The van der Waals surface area contributed by atoms with Gasteiger partial charge in [-0.25, -0.2) is 0 Å². The first-order valence-corrected chi connectivity index (χ1v) is 20.4. The van der Waals surface area contributed by atoms with Crippen molar-refractivity contribution in [1.82, 2.24) is 10.2 Å². The third-order valence-electron chi connectivity index (χ3n) is 16.8. The number of carbonyl (C=O) groups is 3. The van der Waals surface area contributed by atoms with Gasteiger partial charge >= 0.3 is 11.9 Å². The first-order chi connectivity index (χ1) is 23.6. The van der Waals surface area contributed by atoms with Gasteiger partial charge in [0.2, 0.25) is 0 Å². The normalized spacial score (nSPS) is 40.7. The molecular weight excluding hydrogens is 640 g/mol. The maximum Gasteiger partial charge on any atom is 0.309 e. The van der Waals surface area contributed by atoms with Crippen LogP contribution in [0.25, 0.3) is 0 Å². The van der Waals surface area contributed by atoms with Gasteiger partial charge in [0.1, 0.15) is 6.10 Å². The molecule has 8 nitrogen and oxygen atoms in total. The number of aliphatic hydroxyl groups excluding tert-OH is 1. The molecular formula is C43H70N2O6. The first-order valence-electron chi connectivity index (χ1n) is 20.4. The first kappa shape index (κ1) is 38.9. The molecule has 3 N–H and O–H groups in total. The minimum atomic E-state index is -1.16. The Hall–Kier alpha value is -1.77. The van der Waals surface area contributed by atoms with Crippen molar-refractivity contribution in [3.05, 3.63) is 11.1 Å². The van der Waals surface area contributed by atoms with Crippen molar-refractivity contribution >= 4 is 17.7 Å². The quantitative estimate of drug-likeness (QED) is 0.212. The molecule has 0 radical (unpaired) electrons. The molecule has 1 aliphatic heterocycles. The molecule has 0 unspecified atom stereocenters. The van der Waals surface area contributed by atoms with E-state index < -0.39 is 28.9 Å². The van der Waals surface area contributed by atoms with Crippen LogP contribution >= 0.6 is 0 Å².